The molecule has 360 valence electrons. The van der Waals surface area contributed by atoms with Gasteiger partial charge in [0.15, 0.2) is 0 Å². The van der Waals surface area contributed by atoms with Crippen molar-refractivity contribution in [2.75, 3.05) is 10.6 Å². The maximum absolute atomic E-state index is 12.3. The fraction of sp³-hybridized carbons (Fsp3) is 0.0588. The largest absolute Gasteiger partial charge is 1.00 e. The average molecular weight is 1230 g/mol. The van der Waals surface area contributed by atoms with E-state index >= 15 is 0 Å². The van der Waals surface area contributed by atoms with Crippen molar-refractivity contribution in [3.8, 4) is 0 Å². The second-order valence-corrected chi connectivity index (χ2v) is 18.0. The first-order valence-corrected chi connectivity index (χ1v) is 24.9. The summed E-state index contributed by atoms with van der Waals surface area (Å²) in [4.78, 5) is 22.9. The summed E-state index contributed by atoms with van der Waals surface area (Å²) in [5.41, 5.74) is 1.53. The van der Waals surface area contributed by atoms with E-state index in [2.05, 4.69) is 58.7 Å². The maximum Gasteiger partial charge on any atom is 1.00 e. The number of rotatable bonds is 13. The Morgan fingerprint density at radius 3 is 1.54 bits per heavy atom. The molecule has 0 aliphatic rings. The van der Waals surface area contributed by atoms with Crippen molar-refractivity contribution >= 4 is 121 Å². The van der Waals surface area contributed by atoms with Crippen molar-refractivity contribution in [3.05, 3.63) is 135 Å². The van der Waals surface area contributed by atoms with Gasteiger partial charge in [-0.3, -0.25) is 0 Å². The minimum Gasteiger partial charge on any atom is -0.746 e. The zero-order valence-corrected chi connectivity index (χ0v) is 57.1. The molecule has 0 aliphatic carbocycles. The fourth-order valence-electron chi connectivity index (χ4n) is 4.96. The predicted octanol–water partition coefficient (Wildman–Crippen LogP) is -16.7. The van der Waals surface area contributed by atoms with Gasteiger partial charge in [0.05, 0.1) is 4.90 Å². The molecule has 0 atom stereocenters. The summed E-state index contributed by atoms with van der Waals surface area (Å²) in [6, 6.07) is 24.5. The second-order valence-electron chi connectivity index (χ2n) is 12.0. The van der Waals surface area contributed by atoms with Crippen LogP contribution in [0.1, 0.15) is 33.9 Å². The van der Waals surface area contributed by atoms with Gasteiger partial charge in [0.2, 0.25) is 22.5 Å². The van der Waals surface area contributed by atoms with Crippen LogP contribution in [-0.2, 0) is 75.0 Å². The Hall–Kier alpha value is -0.590. The number of anilines is 4. The molecular formula is C34H20Cl2N8Na6O18S6. The number of hydrogen-bond donors (Lipinski definition) is 2. The molecule has 2 heterocycles. The number of aromatic nitrogens is 6. The van der Waals surface area contributed by atoms with Crippen LogP contribution >= 0.6 is 23.2 Å². The van der Waals surface area contributed by atoms with Gasteiger partial charge in [-0.05, 0) is 52.2 Å². The van der Waals surface area contributed by atoms with E-state index in [1.54, 1.807) is 18.2 Å². The molecule has 0 radical (unpaired) electrons. The molecule has 26 nitrogen and oxygen atoms in total. The summed E-state index contributed by atoms with van der Waals surface area (Å²) in [7, 11) is -23.9. The molecule has 0 aliphatic heterocycles. The first-order valence-electron chi connectivity index (χ1n) is 17.0. The van der Waals surface area contributed by atoms with Gasteiger partial charge in [-0.1, -0.05) is 22.7 Å². The van der Waals surface area contributed by atoms with Crippen molar-refractivity contribution < 1.29 is 254 Å². The molecular weight excluding hydrogens is 1210 g/mol. The number of benzene rings is 4. The summed E-state index contributed by atoms with van der Waals surface area (Å²) >= 11 is 12.1. The zero-order chi connectivity index (χ0) is 51.0. The molecule has 6 rings (SSSR count). The van der Waals surface area contributed by atoms with Gasteiger partial charge in [-0.25, -0.2) is 35.2 Å². The Bertz CT molecular complexity index is 3510. The van der Waals surface area contributed by atoms with Crippen molar-refractivity contribution in [2.24, 2.45) is 0 Å². The SMILES string of the molecule is O=S(=O)([O-])c1cc[c-]c(Cc2nc(Cl)nc(Nc3ccc(/C=C/c4[c-]cc(Cc5nc(Cl)nc(Nc6c[c-]ccc6S(=O)(=O)[O-])n5)cc4)c(S(=O)(=O)[O-])c3)n2)c1.O=S(=O)=O.O=S(=O)=O.O=S(=O)=O.[Na+].[Na+].[Na+].[Na+].[Na+].[Na+]. The first-order chi connectivity index (χ1) is 31.6. The Labute approximate surface area is 569 Å². The monoisotopic (exact) mass is 1230 g/mol. The minimum absolute atomic E-state index is 0. The normalized spacial score (nSPS) is 10.2. The Morgan fingerprint density at radius 2 is 1.05 bits per heavy atom. The quantitative estimate of drug-likeness (QED) is 0.0469. The van der Waals surface area contributed by atoms with Crippen LogP contribution in [0.15, 0.2) is 87.5 Å². The van der Waals surface area contributed by atoms with E-state index in [9.17, 15) is 38.9 Å². The van der Waals surface area contributed by atoms with Crippen LogP contribution < -0.4 is 188 Å². The van der Waals surface area contributed by atoms with Crippen molar-refractivity contribution in [2.45, 2.75) is 27.5 Å². The summed E-state index contributed by atoms with van der Waals surface area (Å²) in [5.74, 6) is 0.0371. The van der Waals surface area contributed by atoms with E-state index in [0.29, 0.717) is 11.1 Å². The predicted molar refractivity (Wildman–Crippen MR) is 226 cm³/mol. The van der Waals surface area contributed by atoms with E-state index in [0.717, 1.165) is 24.3 Å². The molecule has 0 saturated heterocycles. The van der Waals surface area contributed by atoms with Crippen LogP contribution in [0.4, 0.5) is 23.3 Å². The molecule has 0 amide bonds. The molecule has 2 aromatic heterocycles. The third-order valence-corrected chi connectivity index (χ3v) is 10.3. The number of nitrogens with one attached hydrogen (secondary N) is 2. The van der Waals surface area contributed by atoms with E-state index in [-0.39, 0.29) is 247 Å². The van der Waals surface area contributed by atoms with Gasteiger partial charge in [0.1, 0.15) is 42.0 Å². The fourth-order valence-corrected chi connectivity index (χ4v) is 7.15. The van der Waals surface area contributed by atoms with Crippen molar-refractivity contribution in [1.82, 2.24) is 29.9 Å². The number of halogens is 2. The maximum atomic E-state index is 12.3. The third kappa shape index (κ3) is 31.3. The topological polar surface area (TPSA) is 427 Å². The molecule has 0 bridgehead atoms. The third-order valence-electron chi connectivity index (χ3n) is 7.36. The molecule has 0 spiro atoms. The van der Waals surface area contributed by atoms with E-state index in [4.69, 9.17) is 61.1 Å². The summed E-state index contributed by atoms with van der Waals surface area (Å²) in [5, 5.41) is 4.98. The summed E-state index contributed by atoms with van der Waals surface area (Å²) in [6.45, 7) is 0. The molecule has 4 aromatic carbocycles. The second kappa shape index (κ2) is 38.1. The van der Waals surface area contributed by atoms with E-state index < -0.39 is 76.9 Å². The zero-order valence-electron chi connectivity index (χ0n) is 38.7. The molecule has 0 fully saturated rings. The Balaban J connectivity index is -0.00000123. The molecule has 74 heavy (non-hydrogen) atoms. The van der Waals surface area contributed by atoms with Crippen LogP contribution in [0.3, 0.4) is 0 Å². The van der Waals surface area contributed by atoms with Crippen LogP contribution in [0.5, 0.6) is 0 Å². The molecule has 6 aromatic rings. The van der Waals surface area contributed by atoms with Crippen LogP contribution in [0.2, 0.25) is 10.6 Å². The van der Waals surface area contributed by atoms with Crippen LogP contribution in [0.25, 0.3) is 12.2 Å². The Morgan fingerprint density at radius 1 is 0.541 bits per heavy atom. The molecule has 0 unspecified atom stereocenters. The van der Waals surface area contributed by atoms with E-state index in [1.165, 1.54) is 42.5 Å². The number of hydrogen-bond acceptors (Lipinski definition) is 26. The van der Waals surface area contributed by atoms with Crippen molar-refractivity contribution in [1.29, 1.82) is 0 Å². The van der Waals surface area contributed by atoms with Crippen LogP contribution in [0, 0.1) is 18.2 Å². The van der Waals surface area contributed by atoms with Gasteiger partial charge < -0.3 is 24.3 Å². The van der Waals surface area contributed by atoms with Gasteiger partial charge >= 0.3 is 209 Å². The van der Waals surface area contributed by atoms with Gasteiger partial charge in [-0.2, -0.15) is 73.5 Å². The summed E-state index contributed by atoms with van der Waals surface area (Å²) < 4.78 is 182. The van der Waals surface area contributed by atoms with Gasteiger partial charge in [0.25, 0.3) is 0 Å². The smallest absolute Gasteiger partial charge is 0.746 e. The van der Waals surface area contributed by atoms with Crippen molar-refractivity contribution in [3.63, 3.8) is 0 Å². The van der Waals surface area contributed by atoms with Gasteiger partial charge in [-0.15, -0.1) is 79.9 Å². The molecule has 0 saturated carbocycles. The van der Waals surface area contributed by atoms with Gasteiger partial charge in [0, 0.05) is 12.1 Å². The summed E-state index contributed by atoms with van der Waals surface area (Å²) in [6.07, 6.45) is 3.00. The molecule has 2 N–H and O–H groups in total. The number of nitrogens with zero attached hydrogens (tertiary/aromatic N) is 6. The first kappa shape index (κ1) is 79.9. The van der Waals surface area contributed by atoms with Crippen LogP contribution in [-0.4, -0.2) is 107 Å². The minimum atomic E-state index is -5.00. The molecule has 40 heteroatoms. The average Bonchev–Trinajstić information content (AvgIpc) is 3.19. The van der Waals surface area contributed by atoms with E-state index in [1.807, 2.05) is 0 Å². The standard InChI is InChI=1S/C34H23Cl2N8O9S3.6Na.3O3S/c35-31-40-30(18-22-4-3-5-25(16-22)54(45,46)47)41-33(43-31)37-24-15-14-23(28(19-24)56(51,52)53)13-12-20-8-10-21(11-9-20)17-29-39-32(36)44-34(42-29)38-26-6-1-2-7-27(26)55(48,49)50;;;;;;;3*1-4(2)3/h2-3,5-8,10-16,19H,17-18H2,(H,45,46,47)(H,48,49,50)(H,51,52,53)(H,37,40,41,43)(H,38,39,42,44);;;;;;;;;/q-3;6*+1;;;/p-3/b13-12+;;;;;;;;;. The Kier molecular flexibility index (Phi) is 41.2.